The molecule has 1 aromatic rings. The fraction of sp³-hybridized carbons (Fsp3) is 0.667. The number of nitrogens with zero attached hydrogens (tertiary/aromatic N) is 1. The lowest BCUT2D eigenvalue weighted by atomic mass is 10.3. The van der Waals surface area contributed by atoms with Crippen molar-refractivity contribution in [3.05, 3.63) is 16.2 Å². The van der Waals surface area contributed by atoms with Crippen LogP contribution in [0.1, 0.15) is 24.7 Å². The van der Waals surface area contributed by atoms with E-state index in [0.717, 1.165) is 24.2 Å². The minimum atomic E-state index is 0.173. The largest absolute Gasteiger partial charge is 0.334 e. The molecule has 4 heteroatoms. The maximum absolute atomic E-state index is 5.77. The van der Waals surface area contributed by atoms with E-state index in [1.807, 2.05) is 6.92 Å². The number of hydrogen-bond donors (Lipinski definition) is 2. The molecular weight excluding hydrogens is 182 g/mol. The molecule has 2 rings (SSSR count). The quantitative estimate of drug-likeness (QED) is 0.704. The summed E-state index contributed by atoms with van der Waals surface area (Å²) in [4.78, 5) is 3.25. The van der Waals surface area contributed by atoms with Gasteiger partial charge in [-0.3, -0.25) is 0 Å². The molecule has 1 heterocycles. The van der Waals surface area contributed by atoms with Gasteiger partial charge in [0.1, 0.15) is 0 Å². The number of imidazole rings is 1. The predicted molar refractivity (Wildman–Crippen MR) is 55.3 cm³/mol. The minimum Gasteiger partial charge on any atom is -0.334 e. The van der Waals surface area contributed by atoms with Crippen LogP contribution in [0, 0.1) is 4.77 Å². The molecular formula is C9H15N3S. The molecule has 1 aliphatic rings. The highest BCUT2D eigenvalue weighted by Crippen LogP contribution is 2.21. The van der Waals surface area contributed by atoms with Crippen molar-refractivity contribution in [2.45, 2.75) is 38.8 Å². The van der Waals surface area contributed by atoms with Gasteiger partial charge < -0.3 is 15.3 Å². The Balaban J connectivity index is 2.38. The Bertz CT molecular complexity index is 361. The van der Waals surface area contributed by atoms with Gasteiger partial charge in [-0.25, -0.2) is 0 Å². The lowest BCUT2D eigenvalue weighted by Crippen LogP contribution is -2.23. The third kappa shape index (κ3) is 1.56. The summed E-state index contributed by atoms with van der Waals surface area (Å²) in [5.41, 5.74) is 8.47. The number of fused-ring (bicyclic) bond motifs is 1. The van der Waals surface area contributed by atoms with Crippen LogP contribution >= 0.6 is 12.2 Å². The number of aromatic amines is 1. The molecule has 0 amide bonds. The van der Waals surface area contributed by atoms with Gasteiger partial charge in [0, 0.05) is 24.0 Å². The average Bonchev–Trinajstić information content (AvgIpc) is 2.55. The number of hydrogen-bond acceptors (Lipinski definition) is 2. The summed E-state index contributed by atoms with van der Waals surface area (Å²) in [6.45, 7) is 2.85. The summed E-state index contributed by atoms with van der Waals surface area (Å²) < 4.78 is 2.99. The minimum absolute atomic E-state index is 0.173. The molecule has 1 aromatic heterocycles. The van der Waals surface area contributed by atoms with E-state index in [1.165, 1.54) is 17.8 Å². The fourth-order valence-corrected chi connectivity index (χ4v) is 2.27. The molecule has 3 nitrogen and oxygen atoms in total. The Morgan fingerprint density at radius 2 is 2.38 bits per heavy atom. The van der Waals surface area contributed by atoms with Crippen LogP contribution in [0.3, 0.4) is 0 Å². The molecule has 0 saturated heterocycles. The molecule has 1 unspecified atom stereocenters. The molecule has 13 heavy (non-hydrogen) atoms. The Morgan fingerprint density at radius 1 is 1.62 bits per heavy atom. The highest BCUT2D eigenvalue weighted by Gasteiger charge is 2.17. The number of aromatic nitrogens is 2. The second-order valence-corrected chi connectivity index (χ2v) is 4.18. The number of aryl methyl sites for hydroxylation is 1. The van der Waals surface area contributed by atoms with Crippen LogP contribution in [-0.2, 0) is 19.4 Å². The molecule has 0 fully saturated rings. The van der Waals surface area contributed by atoms with Crippen LogP contribution in [0.25, 0.3) is 0 Å². The molecule has 3 N–H and O–H groups in total. The van der Waals surface area contributed by atoms with Gasteiger partial charge in [0.05, 0.1) is 0 Å². The highest BCUT2D eigenvalue weighted by atomic mass is 32.1. The molecule has 72 valence electrons. The van der Waals surface area contributed by atoms with Gasteiger partial charge in [-0.2, -0.15) is 0 Å². The third-order valence-electron chi connectivity index (χ3n) is 2.49. The van der Waals surface area contributed by atoms with Gasteiger partial charge >= 0.3 is 0 Å². The van der Waals surface area contributed by atoms with E-state index in [1.54, 1.807) is 0 Å². The summed E-state index contributed by atoms with van der Waals surface area (Å²) in [5.74, 6) is 0. The zero-order valence-corrected chi connectivity index (χ0v) is 8.66. The molecule has 0 aromatic carbocycles. The van der Waals surface area contributed by atoms with Gasteiger partial charge in [-0.1, -0.05) is 0 Å². The van der Waals surface area contributed by atoms with E-state index in [9.17, 15) is 0 Å². The average molecular weight is 197 g/mol. The van der Waals surface area contributed by atoms with Crippen LogP contribution < -0.4 is 5.73 Å². The molecule has 1 atom stereocenters. The fourth-order valence-electron chi connectivity index (χ4n) is 1.96. The van der Waals surface area contributed by atoms with Gasteiger partial charge in [-0.15, -0.1) is 0 Å². The van der Waals surface area contributed by atoms with Gasteiger partial charge in [0.2, 0.25) is 0 Å². The van der Waals surface area contributed by atoms with Crippen LogP contribution in [0.15, 0.2) is 0 Å². The van der Waals surface area contributed by atoms with Crippen molar-refractivity contribution < 1.29 is 0 Å². The number of rotatable bonds is 2. The van der Waals surface area contributed by atoms with Gasteiger partial charge in [-0.05, 0) is 38.4 Å². The molecule has 0 radical (unpaired) electrons. The number of nitrogens with one attached hydrogen (secondary N) is 1. The number of nitrogens with two attached hydrogens (primary N) is 1. The molecule has 0 bridgehead atoms. The Labute approximate surface area is 83.0 Å². The highest BCUT2D eigenvalue weighted by molar-refractivity contribution is 7.71. The second-order valence-electron chi connectivity index (χ2n) is 3.80. The van der Waals surface area contributed by atoms with Crippen LogP contribution in [0.5, 0.6) is 0 Å². The SMILES string of the molecule is CC(N)Cn1c2c([nH]c1=S)CCC2. The zero-order valence-electron chi connectivity index (χ0n) is 7.84. The Kier molecular flexibility index (Phi) is 2.26. The lowest BCUT2D eigenvalue weighted by Gasteiger charge is -2.08. The van der Waals surface area contributed by atoms with Gasteiger partial charge in [0.15, 0.2) is 4.77 Å². The van der Waals surface area contributed by atoms with E-state index in [-0.39, 0.29) is 6.04 Å². The first-order chi connectivity index (χ1) is 6.18. The first-order valence-electron chi connectivity index (χ1n) is 4.74. The summed E-state index contributed by atoms with van der Waals surface area (Å²) in [6, 6.07) is 0.173. The van der Waals surface area contributed by atoms with Crippen molar-refractivity contribution in [2.75, 3.05) is 0 Å². The van der Waals surface area contributed by atoms with Crippen molar-refractivity contribution >= 4 is 12.2 Å². The van der Waals surface area contributed by atoms with Crippen molar-refractivity contribution in [2.24, 2.45) is 5.73 Å². The van der Waals surface area contributed by atoms with E-state index in [2.05, 4.69) is 9.55 Å². The molecule has 0 spiro atoms. The summed E-state index contributed by atoms with van der Waals surface area (Å²) in [7, 11) is 0. The summed E-state index contributed by atoms with van der Waals surface area (Å²) >= 11 is 5.23. The molecule has 0 aliphatic heterocycles. The molecule has 1 aliphatic carbocycles. The smallest absolute Gasteiger partial charge is 0.177 e. The maximum Gasteiger partial charge on any atom is 0.177 e. The van der Waals surface area contributed by atoms with Crippen molar-refractivity contribution in [1.29, 1.82) is 0 Å². The number of H-pyrrole nitrogens is 1. The van der Waals surface area contributed by atoms with E-state index in [0.29, 0.717) is 0 Å². The summed E-state index contributed by atoms with van der Waals surface area (Å²) in [6.07, 6.45) is 3.54. The van der Waals surface area contributed by atoms with Crippen molar-refractivity contribution in [1.82, 2.24) is 9.55 Å². The van der Waals surface area contributed by atoms with E-state index >= 15 is 0 Å². The van der Waals surface area contributed by atoms with Crippen molar-refractivity contribution in [3.63, 3.8) is 0 Å². The predicted octanol–water partition coefficient (Wildman–Crippen LogP) is 1.38. The van der Waals surface area contributed by atoms with E-state index < -0.39 is 0 Å². The third-order valence-corrected chi connectivity index (χ3v) is 2.81. The first-order valence-corrected chi connectivity index (χ1v) is 5.15. The molecule has 0 saturated carbocycles. The topological polar surface area (TPSA) is 46.7 Å². The van der Waals surface area contributed by atoms with Crippen LogP contribution in [0.2, 0.25) is 0 Å². The lowest BCUT2D eigenvalue weighted by molar-refractivity contribution is 0.566. The normalized spacial score (nSPS) is 17.4. The zero-order chi connectivity index (χ0) is 9.42. The van der Waals surface area contributed by atoms with E-state index in [4.69, 9.17) is 18.0 Å². The summed E-state index contributed by atoms with van der Waals surface area (Å²) in [5, 5.41) is 0. The Morgan fingerprint density at radius 3 is 3.08 bits per heavy atom. The Hall–Kier alpha value is -0.610. The van der Waals surface area contributed by atoms with Crippen LogP contribution in [-0.4, -0.2) is 15.6 Å². The monoisotopic (exact) mass is 197 g/mol. The second kappa shape index (κ2) is 3.27. The van der Waals surface area contributed by atoms with Crippen molar-refractivity contribution in [3.8, 4) is 0 Å². The first kappa shape index (κ1) is 8.97. The maximum atomic E-state index is 5.77. The standard InChI is InChI=1S/C9H15N3S/c1-6(10)5-12-8-4-2-3-7(8)11-9(12)13/h6H,2-5,10H2,1H3,(H,11,13). The van der Waals surface area contributed by atoms with Crippen LogP contribution in [0.4, 0.5) is 0 Å². The van der Waals surface area contributed by atoms with Gasteiger partial charge in [0.25, 0.3) is 0 Å².